The second-order valence-corrected chi connectivity index (χ2v) is 8.03. The first kappa shape index (κ1) is 20.9. The minimum absolute atomic E-state index is 0.233. The molecule has 1 unspecified atom stereocenters. The van der Waals surface area contributed by atoms with Gasteiger partial charge in [-0.15, -0.1) is 5.10 Å². The molecule has 0 fully saturated rings. The topological polar surface area (TPSA) is 73.9 Å². The van der Waals surface area contributed by atoms with E-state index in [0.717, 1.165) is 35.9 Å². The molecule has 0 N–H and O–H groups in total. The zero-order valence-electron chi connectivity index (χ0n) is 18.7. The second-order valence-electron chi connectivity index (χ2n) is 8.03. The summed E-state index contributed by atoms with van der Waals surface area (Å²) in [6, 6.07) is 8.62. The van der Waals surface area contributed by atoms with Gasteiger partial charge in [-0.3, -0.25) is 4.57 Å². The molecule has 0 bridgehead atoms. The molecular formula is C24H24FN7O. The molecule has 1 aromatic carbocycles. The molecule has 9 heteroatoms. The van der Waals surface area contributed by atoms with Gasteiger partial charge in [0.05, 0.1) is 12.8 Å². The number of ether oxygens (including phenoxy) is 1. The van der Waals surface area contributed by atoms with E-state index in [2.05, 4.69) is 26.9 Å². The number of rotatable bonds is 5. The fraction of sp³-hybridized carbons (Fsp3) is 0.250. The summed E-state index contributed by atoms with van der Waals surface area (Å²) in [5.74, 6) is 2.41. The van der Waals surface area contributed by atoms with Crippen LogP contribution >= 0.6 is 0 Å². The highest BCUT2D eigenvalue weighted by Crippen LogP contribution is 2.32. The Labute approximate surface area is 191 Å². The van der Waals surface area contributed by atoms with Crippen molar-refractivity contribution in [3.63, 3.8) is 0 Å². The molecule has 4 aromatic rings. The SMILES string of the molecule is COc1cc(C=Cc2nc3n(n2)CCC(C)N3c2ccc(F)cc2)cnc1-n1cnc(C)c1. The van der Waals surface area contributed by atoms with Gasteiger partial charge >= 0.3 is 0 Å². The number of fused-ring (bicyclic) bond motifs is 1. The van der Waals surface area contributed by atoms with Crippen LogP contribution in [0, 0.1) is 12.7 Å². The van der Waals surface area contributed by atoms with Gasteiger partial charge in [0.1, 0.15) is 12.1 Å². The summed E-state index contributed by atoms with van der Waals surface area (Å²) >= 11 is 0. The van der Waals surface area contributed by atoms with Gasteiger partial charge in [0.25, 0.3) is 0 Å². The third-order valence-electron chi connectivity index (χ3n) is 5.64. The van der Waals surface area contributed by atoms with Crippen molar-refractivity contribution >= 4 is 23.8 Å². The van der Waals surface area contributed by atoms with Gasteiger partial charge in [-0.1, -0.05) is 0 Å². The summed E-state index contributed by atoms with van der Waals surface area (Å²) in [4.78, 5) is 15.6. The highest BCUT2D eigenvalue weighted by atomic mass is 19.1. The zero-order chi connectivity index (χ0) is 22.9. The predicted octanol–water partition coefficient (Wildman–Crippen LogP) is 4.42. The number of hydrogen-bond acceptors (Lipinski definition) is 6. The number of halogens is 1. The van der Waals surface area contributed by atoms with Gasteiger partial charge in [0.2, 0.25) is 5.95 Å². The van der Waals surface area contributed by atoms with E-state index in [1.165, 1.54) is 12.1 Å². The number of imidazole rings is 1. The van der Waals surface area contributed by atoms with Crippen molar-refractivity contribution in [2.75, 3.05) is 12.0 Å². The molecule has 5 rings (SSSR count). The Bertz CT molecular complexity index is 1310. The molecule has 1 aliphatic rings. The summed E-state index contributed by atoms with van der Waals surface area (Å²) in [5, 5.41) is 4.64. The highest BCUT2D eigenvalue weighted by Gasteiger charge is 2.27. The van der Waals surface area contributed by atoms with Crippen LogP contribution in [0.15, 0.2) is 49.1 Å². The maximum absolute atomic E-state index is 13.4. The Balaban J connectivity index is 1.42. The van der Waals surface area contributed by atoms with Crippen molar-refractivity contribution < 1.29 is 9.13 Å². The Hall–Kier alpha value is -4.01. The van der Waals surface area contributed by atoms with Crippen LogP contribution in [-0.2, 0) is 6.54 Å². The lowest BCUT2D eigenvalue weighted by Gasteiger charge is -2.34. The molecule has 1 aliphatic heterocycles. The van der Waals surface area contributed by atoms with Gasteiger partial charge in [-0.05, 0) is 68.3 Å². The van der Waals surface area contributed by atoms with Crippen LogP contribution in [-0.4, -0.2) is 42.5 Å². The van der Waals surface area contributed by atoms with Gasteiger partial charge in [-0.2, -0.15) is 4.98 Å². The smallest absolute Gasteiger partial charge is 0.229 e. The Morgan fingerprint density at radius 2 is 1.97 bits per heavy atom. The minimum Gasteiger partial charge on any atom is -0.493 e. The van der Waals surface area contributed by atoms with Crippen LogP contribution < -0.4 is 9.64 Å². The Kier molecular flexibility index (Phi) is 5.37. The first-order valence-corrected chi connectivity index (χ1v) is 10.7. The van der Waals surface area contributed by atoms with Crippen molar-refractivity contribution in [3.8, 4) is 11.6 Å². The molecule has 0 saturated carbocycles. The predicted molar refractivity (Wildman–Crippen MR) is 124 cm³/mol. The lowest BCUT2D eigenvalue weighted by atomic mass is 10.1. The molecular weight excluding hydrogens is 421 g/mol. The fourth-order valence-corrected chi connectivity index (χ4v) is 3.95. The third-order valence-corrected chi connectivity index (χ3v) is 5.64. The zero-order valence-corrected chi connectivity index (χ0v) is 18.7. The van der Waals surface area contributed by atoms with Gasteiger partial charge in [0.15, 0.2) is 17.4 Å². The summed E-state index contributed by atoms with van der Waals surface area (Å²) in [5.41, 5.74) is 2.66. The Morgan fingerprint density at radius 3 is 2.70 bits per heavy atom. The van der Waals surface area contributed by atoms with E-state index in [-0.39, 0.29) is 11.9 Å². The van der Waals surface area contributed by atoms with Gasteiger partial charge in [-0.25, -0.2) is 19.0 Å². The molecule has 168 valence electrons. The summed E-state index contributed by atoms with van der Waals surface area (Å²) in [6.45, 7) is 4.84. The number of aromatic nitrogens is 6. The average Bonchev–Trinajstić information content (AvgIpc) is 3.44. The molecule has 0 radical (unpaired) electrons. The second kappa shape index (κ2) is 8.50. The molecule has 3 aromatic heterocycles. The number of aryl methyl sites for hydroxylation is 2. The molecule has 4 heterocycles. The highest BCUT2D eigenvalue weighted by molar-refractivity contribution is 5.69. The van der Waals surface area contributed by atoms with E-state index < -0.39 is 0 Å². The molecule has 33 heavy (non-hydrogen) atoms. The maximum atomic E-state index is 13.4. The summed E-state index contributed by atoms with van der Waals surface area (Å²) in [7, 11) is 1.62. The van der Waals surface area contributed by atoms with Crippen LogP contribution in [0.2, 0.25) is 0 Å². The van der Waals surface area contributed by atoms with Crippen molar-refractivity contribution in [1.29, 1.82) is 0 Å². The average molecular weight is 446 g/mol. The molecule has 1 atom stereocenters. The quantitative estimate of drug-likeness (QED) is 0.453. The van der Waals surface area contributed by atoms with E-state index in [9.17, 15) is 4.39 Å². The van der Waals surface area contributed by atoms with Crippen LogP contribution in [0.1, 0.15) is 30.4 Å². The number of hydrogen-bond donors (Lipinski definition) is 0. The molecule has 8 nitrogen and oxygen atoms in total. The van der Waals surface area contributed by atoms with Crippen molar-refractivity contribution in [3.05, 3.63) is 72.0 Å². The van der Waals surface area contributed by atoms with Crippen LogP contribution in [0.25, 0.3) is 18.0 Å². The fourth-order valence-electron chi connectivity index (χ4n) is 3.95. The van der Waals surface area contributed by atoms with Crippen LogP contribution in [0.4, 0.5) is 16.0 Å². The Morgan fingerprint density at radius 1 is 1.15 bits per heavy atom. The number of anilines is 2. The van der Waals surface area contributed by atoms with E-state index in [1.807, 2.05) is 40.6 Å². The number of methoxy groups -OCH3 is 1. The van der Waals surface area contributed by atoms with Crippen molar-refractivity contribution in [2.24, 2.45) is 0 Å². The summed E-state index contributed by atoms with van der Waals surface area (Å²) in [6.07, 6.45) is 10.1. The molecule has 0 aliphatic carbocycles. The molecule has 0 saturated heterocycles. The van der Waals surface area contributed by atoms with Crippen molar-refractivity contribution in [2.45, 2.75) is 32.9 Å². The van der Waals surface area contributed by atoms with Gasteiger partial charge < -0.3 is 9.64 Å². The number of pyridine rings is 1. The lowest BCUT2D eigenvalue weighted by molar-refractivity contribution is 0.410. The van der Waals surface area contributed by atoms with E-state index >= 15 is 0 Å². The third kappa shape index (κ3) is 4.09. The first-order chi connectivity index (χ1) is 16.0. The number of nitrogens with zero attached hydrogens (tertiary/aromatic N) is 7. The maximum Gasteiger partial charge on any atom is 0.229 e. The lowest BCUT2D eigenvalue weighted by Crippen LogP contribution is -2.36. The van der Waals surface area contributed by atoms with E-state index in [4.69, 9.17) is 9.72 Å². The van der Waals surface area contributed by atoms with E-state index in [1.54, 1.807) is 31.8 Å². The molecule has 0 amide bonds. The van der Waals surface area contributed by atoms with E-state index in [0.29, 0.717) is 17.4 Å². The first-order valence-electron chi connectivity index (χ1n) is 10.7. The number of benzene rings is 1. The van der Waals surface area contributed by atoms with Crippen LogP contribution in [0.3, 0.4) is 0 Å². The monoisotopic (exact) mass is 445 g/mol. The van der Waals surface area contributed by atoms with Gasteiger partial charge in [0, 0.05) is 30.7 Å². The molecule has 0 spiro atoms. The standard InChI is InChI=1S/C24H24FN7O/c1-16-14-30(15-27-16)23-21(33-3)12-18(13-26-23)4-9-22-28-24-31(29-22)11-10-17(2)32(24)20-7-5-19(25)6-8-20/h4-9,12-15,17H,10-11H2,1-3H3. The largest absolute Gasteiger partial charge is 0.493 e. The van der Waals surface area contributed by atoms with Crippen molar-refractivity contribution in [1.82, 2.24) is 29.3 Å². The van der Waals surface area contributed by atoms with Crippen LogP contribution in [0.5, 0.6) is 5.75 Å². The normalized spacial score (nSPS) is 15.8. The minimum atomic E-state index is -0.258. The summed E-state index contributed by atoms with van der Waals surface area (Å²) < 4.78 is 22.7.